The molecule has 0 aliphatic carbocycles. The van der Waals surface area contributed by atoms with Crippen molar-refractivity contribution in [1.29, 1.82) is 0 Å². The first-order valence-corrected chi connectivity index (χ1v) is 11.3. The molecular formula is C24H22N6S. The number of aromatic nitrogens is 5. The topological polar surface area (TPSA) is 82.3 Å². The van der Waals surface area contributed by atoms with Crippen molar-refractivity contribution in [3.63, 3.8) is 0 Å². The van der Waals surface area contributed by atoms with Crippen molar-refractivity contribution in [1.82, 2.24) is 30.5 Å². The number of hydrogen-bond acceptors (Lipinski definition) is 5. The van der Waals surface area contributed by atoms with Gasteiger partial charge in [0.2, 0.25) is 0 Å². The Morgan fingerprint density at radius 3 is 2.77 bits per heavy atom. The lowest BCUT2D eigenvalue weighted by Gasteiger charge is -2.16. The quantitative estimate of drug-likeness (QED) is 0.369. The number of hydrogen-bond donors (Lipinski definition) is 3. The van der Waals surface area contributed by atoms with Crippen molar-refractivity contribution in [3.8, 4) is 22.1 Å². The number of aryl methyl sites for hydroxylation is 2. The predicted molar refractivity (Wildman–Crippen MR) is 127 cm³/mol. The van der Waals surface area contributed by atoms with Gasteiger partial charge in [0, 0.05) is 23.0 Å². The van der Waals surface area contributed by atoms with Gasteiger partial charge in [0.05, 0.1) is 15.9 Å². The zero-order valence-electron chi connectivity index (χ0n) is 17.4. The summed E-state index contributed by atoms with van der Waals surface area (Å²) < 4.78 is 0. The van der Waals surface area contributed by atoms with Crippen LogP contribution >= 0.6 is 11.3 Å². The molecule has 0 saturated carbocycles. The van der Waals surface area contributed by atoms with Gasteiger partial charge >= 0.3 is 0 Å². The molecule has 0 spiro atoms. The molecule has 5 aromatic rings. The summed E-state index contributed by atoms with van der Waals surface area (Å²) in [6.07, 6.45) is 5.17. The predicted octanol–water partition coefficient (Wildman–Crippen LogP) is 5.22. The smallest absolute Gasteiger partial charge is 0.159 e. The number of imidazole rings is 1. The molecule has 154 valence electrons. The average Bonchev–Trinajstić information content (AvgIpc) is 3.50. The molecule has 5 heterocycles. The number of H-pyrrole nitrogens is 2. The van der Waals surface area contributed by atoms with Crippen LogP contribution in [0, 0.1) is 13.8 Å². The minimum absolute atomic E-state index is 0.762. The number of fused-ring (bicyclic) bond motifs is 2. The fourth-order valence-electron chi connectivity index (χ4n) is 4.36. The van der Waals surface area contributed by atoms with Crippen molar-refractivity contribution in [2.24, 2.45) is 0 Å². The van der Waals surface area contributed by atoms with Gasteiger partial charge in [-0.05, 0) is 73.8 Å². The van der Waals surface area contributed by atoms with Gasteiger partial charge in [0.1, 0.15) is 16.9 Å². The lowest BCUT2D eigenvalue weighted by Crippen LogP contribution is -2.20. The second-order valence-corrected chi connectivity index (χ2v) is 9.31. The van der Waals surface area contributed by atoms with Crippen molar-refractivity contribution in [3.05, 3.63) is 58.6 Å². The monoisotopic (exact) mass is 426 g/mol. The second kappa shape index (κ2) is 7.14. The van der Waals surface area contributed by atoms with Gasteiger partial charge in [-0.2, -0.15) is 5.10 Å². The standard InChI is InChI=1S/C24H22N6S/c1-13-11-19-17(12-16(13)15-5-8-25-9-6-15)21(30-29-19)24-27-18-7-10-26-23(22(18)28-24)20-4-3-14(2)31-20/h3-5,7,10-12,25H,6,8-9H2,1-2H3,(H,27,28)(H,29,30). The maximum atomic E-state index is 4.94. The van der Waals surface area contributed by atoms with Crippen molar-refractivity contribution in [2.75, 3.05) is 13.1 Å². The summed E-state index contributed by atoms with van der Waals surface area (Å²) in [6, 6.07) is 10.7. The van der Waals surface area contributed by atoms with Crippen LogP contribution in [0.2, 0.25) is 0 Å². The maximum absolute atomic E-state index is 4.94. The van der Waals surface area contributed by atoms with Crippen LogP contribution in [0.25, 0.3) is 49.6 Å². The molecule has 3 N–H and O–H groups in total. The average molecular weight is 427 g/mol. The van der Waals surface area contributed by atoms with Crippen LogP contribution in [0.3, 0.4) is 0 Å². The fourth-order valence-corrected chi connectivity index (χ4v) is 5.22. The summed E-state index contributed by atoms with van der Waals surface area (Å²) in [5.74, 6) is 0.762. The van der Waals surface area contributed by atoms with Crippen LogP contribution in [-0.2, 0) is 0 Å². The number of nitrogens with zero attached hydrogens (tertiary/aromatic N) is 3. The van der Waals surface area contributed by atoms with E-state index >= 15 is 0 Å². The van der Waals surface area contributed by atoms with Gasteiger partial charge in [-0.15, -0.1) is 11.3 Å². The molecule has 0 bridgehead atoms. The molecule has 6 nitrogen and oxygen atoms in total. The normalized spacial score (nSPS) is 14.5. The zero-order chi connectivity index (χ0) is 20.9. The third kappa shape index (κ3) is 3.08. The number of pyridine rings is 1. The lowest BCUT2D eigenvalue weighted by molar-refractivity contribution is 0.738. The number of rotatable bonds is 3. The number of nitrogens with one attached hydrogen (secondary N) is 3. The first-order chi connectivity index (χ1) is 15.2. The van der Waals surface area contributed by atoms with E-state index in [0.29, 0.717) is 0 Å². The molecule has 0 atom stereocenters. The van der Waals surface area contributed by atoms with E-state index in [4.69, 9.17) is 4.98 Å². The van der Waals surface area contributed by atoms with E-state index in [1.165, 1.54) is 21.6 Å². The van der Waals surface area contributed by atoms with Crippen LogP contribution in [0.1, 0.15) is 22.4 Å². The van der Waals surface area contributed by atoms with Crippen LogP contribution < -0.4 is 5.32 Å². The van der Waals surface area contributed by atoms with E-state index < -0.39 is 0 Å². The Balaban J connectivity index is 1.51. The Labute approximate surface area is 183 Å². The highest BCUT2D eigenvalue weighted by molar-refractivity contribution is 7.15. The Kier molecular flexibility index (Phi) is 4.26. The molecule has 7 heteroatoms. The van der Waals surface area contributed by atoms with Crippen molar-refractivity contribution in [2.45, 2.75) is 20.3 Å². The van der Waals surface area contributed by atoms with Crippen molar-refractivity contribution < 1.29 is 0 Å². The highest BCUT2D eigenvalue weighted by Gasteiger charge is 2.18. The molecule has 6 rings (SSSR count). The SMILES string of the molecule is Cc1ccc(-c2nccc3[nH]c(-c4n[nH]c5cc(C)c(C6=CCNCC6)cc45)nc23)s1. The molecule has 0 fully saturated rings. The molecule has 0 radical (unpaired) electrons. The van der Waals surface area contributed by atoms with E-state index in [1.54, 1.807) is 11.3 Å². The van der Waals surface area contributed by atoms with Crippen LogP contribution in [-0.4, -0.2) is 38.2 Å². The van der Waals surface area contributed by atoms with E-state index in [9.17, 15) is 0 Å². The minimum Gasteiger partial charge on any atom is -0.336 e. The second-order valence-electron chi connectivity index (χ2n) is 8.02. The highest BCUT2D eigenvalue weighted by Crippen LogP contribution is 2.35. The first-order valence-electron chi connectivity index (χ1n) is 10.5. The Morgan fingerprint density at radius 2 is 1.97 bits per heavy atom. The molecular weight excluding hydrogens is 404 g/mol. The van der Waals surface area contributed by atoms with Gasteiger partial charge in [-0.25, -0.2) is 4.98 Å². The van der Waals surface area contributed by atoms with Crippen molar-refractivity contribution >= 4 is 38.8 Å². The van der Waals surface area contributed by atoms with Gasteiger partial charge in [-0.3, -0.25) is 10.1 Å². The Hall–Kier alpha value is -3.29. The van der Waals surface area contributed by atoms with Crippen LogP contribution in [0.4, 0.5) is 0 Å². The van der Waals surface area contributed by atoms with Gasteiger partial charge in [-0.1, -0.05) is 6.08 Å². The molecule has 1 aromatic carbocycles. The summed E-state index contributed by atoms with van der Waals surface area (Å²) in [7, 11) is 0. The minimum atomic E-state index is 0.762. The highest BCUT2D eigenvalue weighted by atomic mass is 32.1. The Morgan fingerprint density at radius 1 is 1.03 bits per heavy atom. The third-order valence-corrected chi connectivity index (χ3v) is 6.92. The summed E-state index contributed by atoms with van der Waals surface area (Å²) in [6.45, 7) is 6.22. The Bertz CT molecular complexity index is 1470. The summed E-state index contributed by atoms with van der Waals surface area (Å²) in [5, 5.41) is 12.3. The maximum Gasteiger partial charge on any atom is 0.159 e. The molecule has 1 aliphatic rings. The number of aromatic amines is 2. The van der Waals surface area contributed by atoms with E-state index in [1.807, 2.05) is 12.3 Å². The molecule has 0 unspecified atom stereocenters. The van der Waals surface area contributed by atoms with Gasteiger partial charge in [0.15, 0.2) is 5.82 Å². The first kappa shape index (κ1) is 18.5. The number of thiophene rings is 1. The van der Waals surface area contributed by atoms with E-state index in [-0.39, 0.29) is 0 Å². The third-order valence-electron chi connectivity index (χ3n) is 5.92. The molecule has 0 saturated heterocycles. The molecule has 31 heavy (non-hydrogen) atoms. The largest absolute Gasteiger partial charge is 0.336 e. The summed E-state index contributed by atoms with van der Waals surface area (Å²) >= 11 is 1.73. The molecule has 0 amide bonds. The van der Waals surface area contributed by atoms with E-state index in [0.717, 1.165) is 63.5 Å². The number of benzene rings is 1. The molecule has 1 aliphatic heterocycles. The molecule has 4 aromatic heterocycles. The van der Waals surface area contributed by atoms with Crippen LogP contribution in [0.5, 0.6) is 0 Å². The fraction of sp³-hybridized carbons (Fsp3) is 0.208. The van der Waals surface area contributed by atoms with Crippen LogP contribution in [0.15, 0.2) is 42.6 Å². The summed E-state index contributed by atoms with van der Waals surface area (Å²) in [5.41, 5.74) is 8.58. The van der Waals surface area contributed by atoms with Gasteiger partial charge in [0.25, 0.3) is 0 Å². The summed E-state index contributed by atoms with van der Waals surface area (Å²) in [4.78, 5) is 15.4. The lowest BCUT2D eigenvalue weighted by atomic mass is 9.94. The van der Waals surface area contributed by atoms with E-state index in [2.05, 4.69) is 69.7 Å². The zero-order valence-corrected chi connectivity index (χ0v) is 18.2. The van der Waals surface area contributed by atoms with Gasteiger partial charge < -0.3 is 10.3 Å².